The fourth-order valence-electron chi connectivity index (χ4n) is 2.05. The van der Waals surface area contributed by atoms with Crippen molar-refractivity contribution in [3.8, 4) is 11.5 Å². The molecular formula is C18H18F6O. The zero-order valence-corrected chi connectivity index (χ0v) is 14.1. The Hall–Kier alpha value is -2.18. The summed E-state index contributed by atoms with van der Waals surface area (Å²) in [4.78, 5) is 0. The second-order valence-corrected chi connectivity index (χ2v) is 5.04. The minimum absolute atomic E-state index is 0.0499. The molecule has 0 aromatic heterocycles. The van der Waals surface area contributed by atoms with Gasteiger partial charge in [0.15, 0.2) is 0 Å². The molecule has 0 saturated heterocycles. The van der Waals surface area contributed by atoms with Crippen molar-refractivity contribution >= 4 is 0 Å². The van der Waals surface area contributed by atoms with E-state index in [2.05, 4.69) is 0 Å². The first-order valence-electron chi connectivity index (χ1n) is 7.52. The van der Waals surface area contributed by atoms with Crippen molar-refractivity contribution in [3.05, 3.63) is 58.7 Å². The minimum Gasteiger partial charge on any atom is -0.457 e. The molecule has 0 fully saturated rings. The molecule has 0 atom stereocenters. The zero-order chi connectivity index (χ0) is 19.4. The lowest BCUT2D eigenvalue weighted by molar-refractivity contribution is -0.138. The molecule has 2 aromatic carbocycles. The van der Waals surface area contributed by atoms with Gasteiger partial charge in [-0.1, -0.05) is 19.9 Å². The molecule has 0 radical (unpaired) electrons. The normalized spacial score (nSPS) is 11.6. The molecule has 0 aliphatic rings. The number of ether oxygens (including phenoxy) is 1. The van der Waals surface area contributed by atoms with Crippen LogP contribution >= 0.6 is 0 Å². The van der Waals surface area contributed by atoms with E-state index in [0.29, 0.717) is 5.56 Å². The second kappa shape index (κ2) is 7.80. The Morgan fingerprint density at radius 3 is 1.88 bits per heavy atom. The van der Waals surface area contributed by atoms with Crippen LogP contribution in [0.4, 0.5) is 26.3 Å². The first-order valence-corrected chi connectivity index (χ1v) is 7.52. The fraction of sp³-hybridized carbons (Fsp3) is 0.333. The summed E-state index contributed by atoms with van der Waals surface area (Å²) in [6.07, 6.45) is -9.12. The third-order valence-electron chi connectivity index (χ3n) is 3.34. The Morgan fingerprint density at radius 2 is 1.36 bits per heavy atom. The number of benzene rings is 2. The summed E-state index contributed by atoms with van der Waals surface area (Å²) in [6.45, 7) is 6.80. The Bertz CT molecular complexity index is 716. The molecule has 0 saturated carbocycles. The quantitative estimate of drug-likeness (QED) is 0.514. The van der Waals surface area contributed by atoms with Crippen LogP contribution < -0.4 is 4.74 Å². The molecule has 0 unspecified atom stereocenters. The first kappa shape index (κ1) is 20.9. The monoisotopic (exact) mass is 364 g/mol. The molecule has 1 nitrogen and oxygen atoms in total. The maximum absolute atomic E-state index is 13.0. The number of rotatable bonds is 2. The van der Waals surface area contributed by atoms with E-state index in [4.69, 9.17) is 4.74 Å². The van der Waals surface area contributed by atoms with Crippen molar-refractivity contribution < 1.29 is 31.1 Å². The van der Waals surface area contributed by atoms with Gasteiger partial charge in [0.1, 0.15) is 11.5 Å². The summed E-state index contributed by atoms with van der Waals surface area (Å²) in [7, 11) is 0. The van der Waals surface area contributed by atoms with Crippen LogP contribution in [0.1, 0.15) is 36.1 Å². The average molecular weight is 364 g/mol. The maximum Gasteiger partial charge on any atom is 0.416 e. The molecule has 0 heterocycles. The molecule has 0 bridgehead atoms. The van der Waals surface area contributed by atoms with E-state index in [1.165, 1.54) is 26.0 Å². The first-order chi connectivity index (χ1) is 11.5. The molecule has 0 aliphatic carbocycles. The predicted octanol–water partition coefficient (Wildman–Crippen LogP) is 7.16. The zero-order valence-electron chi connectivity index (χ0n) is 14.1. The van der Waals surface area contributed by atoms with E-state index < -0.39 is 23.5 Å². The Balaban J connectivity index is 0.00000151. The van der Waals surface area contributed by atoms with Gasteiger partial charge in [-0.3, -0.25) is 0 Å². The van der Waals surface area contributed by atoms with Crippen molar-refractivity contribution in [2.24, 2.45) is 0 Å². The van der Waals surface area contributed by atoms with Crippen LogP contribution in [0.15, 0.2) is 36.4 Å². The van der Waals surface area contributed by atoms with Gasteiger partial charge in [-0.15, -0.1) is 0 Å². The highest BCUT2D eigenvalue weighted by Crippen LogP contribution is 2.37. The summed E-state index contributed by atoms with van der Waals surface area (Å²) >= 11 is 0. The molecule has 138 valence electrons. The van der Waals surface area contributed by atoms with Gasteiger partial charge >= 0.3 is 12.4 Å². The summed E-state index contributed by atoms with van der Waals surface area (Å²) in [5.74, 6) is -0.351. The van der Waals surface area contributed by atoms with Gasteiger partial charge in [0.2, 0.25) is 0 Å². The van der Waals surface area contributed by atoms with E-state index in [0.717, 1.165) is 24.3 Å². The number of aryl methyl sites for hydroxylation is 1. The van der Waals surface area contributed by atoms with Crippen LogP contribution in [0.2, 0.25) is 0 Å². The highest BCUT2D eigenvalue weighted by molar-refractivity contribution is 5.44. The van der Waals surface area contributed by atoms with Crippen molar-refractivity contribution in [1.29, 1.82) is 0 Å². The predicted molar refractivity (Wildman–Crippen MR) is 83.8 cm³/mol. The van der Waals surface area contributed by atoms with Crippen LogP contribution in [0.3, 0.4) is 0 Å². The molecule has 0 amide bonds. The molecular weight excluding hydrogens is 346 g/mol. The van der Waals surface area contributed by atoms with Crippen LogP contribution in [0, 0.1) is 13.8 Å². The summed E-state index contributed by atoms with van der Waals surface area (Å²) in [5, 5.41) is 0. The SMILES string of the molecule is CC.Cc1cc(Oc2cccc(C(F)(F)F)c2)cc(C(F)(F)F)c1C. The minimum atomic E-state index is -4.57. The Labute approximate surface area is 142 Å². The second-order valence-electron chi connectivity index (χ2n) is 5.04. The van der Waals surface area contributed by atoms with Gasteiger partial charge in [0.05, 0.1) is 11.1 Å². The van der Waals surface area contributed by atoms with Gasteiger partial charge in [0, 0.05) is 0 Å². The lowest BCUT2D eigenvalue weighted by Crippen LogP contribution is -2.09. The molecule has 25 heavy (non-hydrogen) atoms. The van der Waals surface area contributed by atoms with Crippen molar-refractivity contribution in [2.75, 3.05) is 0 Å². The van der Waals surface area contributed by atoms with E-state index in [1.807, 2.05) is 13.8 Å². The maximum atomic E-state index is 13.0. The van der Waals surface area contributed by atoms with Gasteiger partial charge in [-0.2, -0.15) is 26.3 Å². The van der Waals surface area contributed by atoms with E-state index in [-0.39, 0.29) is 17.1 Å². The van der Waals surface area contributed by atoms with Crippen molar-refractivity contribution in [3.63, 3.8) is 0 Å². The third kappa shape index (κ3) is 5.41. The van der Waals surface area contributed by atoms with Crippen molar-refractivity contribution in [2.45, 2.75) is 40.0 Å². The summed E-state index contributed by atoms with van der Waals surface area (Å²) in [6, 6.07) is 6.10. The smallest absolute Gasteiger partial charge is 0.416 e. The number of halogens is 6. The highest BCUT2D eigenvalue weighted by atomic mass is 19.4. The Morgan fingerprint density at radius 1 is 0.760 bits per heavy atom. The number of hydrogen-bond acceptors (Lipinski definition) is 1. The number of hydrogen-bond donors (Lipinski definition) is 0. The van der Waals surface area contributed by atoms with Crippen LogP contribution in [0.25, 0.3) is 0 Å². The van der Waals surface area contributed by atoms with Gasteiger partial charge in [0.25, 0.3) is 0 Å². The standard InChI is InChI=1S/C16H12F6O.C2H6/c1-9-6-13(8-14(10(9)2)16(20,21)22)23-12-5-3-4-11(7-12)15(17,18)19;1-2/h3-8H,1-2H3;1-2H3. The van der Waals surface area contributed by atoms with E-state index >= 15 is 0 Å². The van der Waals surface area contributed by atoms with E-state index in [1.54, 1.807) is 0 Å². The largest absolute Gasteiger partial charge is 0.457 e. The van der Waals surface area contributed by atoms with E-state index in [9.17, 15) is 26.3 Å². The summed E-state index contributed by atoms with van der Waals surface area (Å²) in [5.41, 5.74) is -1.43. The lowest BCUT2D eigenvalue weighted by atomic mass is 10.0. The van der Waals surface area contributed by atoms with Gasteiger partial charge < -0.3 is 4.74 Å². The summed E-state index contributed by atoms with van der Waals surface area (Å²) < 4.78 is 82.0. The molecule has 2 rings (SSSR count). The third-order valence-corrected chi connectivity index (χ3v) is 3.34. The molecule has 2 aromatic rings. The average Bonchev–Trinajstić information content (AvgIpc) is 2.51. The highest BCUT2D eigenvalue weighted by Gasteiger charge is 2.34. The lowest BCUT2D eigenvalue weighted by Gasteiger charge is -2.15. The van der Waals surface area contributed by atoms with Crippen LogP contribution in [-0.2, 0) is 12.4 Å². The van der Waals surface area contributed by atoms with Gasteiger partial charge in [-0.05, 0) is 55.3 Å². The molecule has 0 spiro atoms. The Kier molecular flexibility index (Phi) is 6.51. The molecule has 0 N–H and O–H groups in total. The van der Waals surface area contributed by atoms with Crippen LogP contribution in [0.5, 0.6) is 11.5 Å². The van der Waals surface area contributed by atoms with Crippen LogP contribution in [-0.4, -0.2) is 0 Å². The fourth-order valence-corrected chi connectivity index (χ4v) is 2.05. The van der Waals surface area contributed by atoms with Crippen molar-refractivity contribution in [1.82, 2.24) is 0 Å². The molecule has 0 aliphatic heterocycles. The van der Waals surface area contributed by atoms with Gasteiger partial charge in [-0.25, -0.2) is 0 Å². The molecule has 7 heteroatoms. The topological polar surface area (TPSA) is 9.23 Å². The number of alkyl halides is 6.